The standard InChI is InChI=1S/C14H28N2OS/c1-6-15-11-7-8-14(2,3)9-12(11)18-10-13(17)16(4)5/h11-12,15H,6-10H2,1-5H3. The van der Waals surface area contributed by atoms with Gasteiger partial charge in [-0.15, -0.1) is 11.8 Å². The largest absolute Gasteiger partial charge is 0.348 e. The monoisotopic (exact) mass is 272 g/mol. The maximum atomic E-state index is 11.7. The van der Waals surface area contributed by atoms with E-state index in [1.54, 1.807) is 4.90 Å². The number of rotatable bonds is 5. The van der Waals surface area contributed by atoms with Gasteiger partial charge in [-0.05, 0) is 31.2 Å². The first-order valence-electron chi connectivity index (χ1n) is 6.91. The summed E-state index contributed by atoms with van der Waals surface area (Å²) in [6.45, 7) is 7.86. The predicted molar refractivity (Wildman–Crippen MR) is 80.0 cm³/mol. The lowest BCUT2D eigenvalue weighted by Gasteiger charge is -2.40. The molecule has 0 aromatic carbocycles. The predicted octanol–water partition coefficient (Wildman–Crippen LogP) is 2.36. The van der Waals surface area contributed by atoms with Gasteiger partial charge in [0.05, 0.1) is 5.75 Å². The van der Waals surface area contributed by atoms with E-state index in [2.05, 4.69) is 26.1 Å². The summed E-state index contributed by atoms with van der Waals surface area (Å²) in [6.07, 6.45) is 3.72. The molecule has 1 rings (SSSR count). The third-order valence-corrected chi connectivity index (χ3v) is 5.06. The molecule has 106 valence electrons. The van der Waals surface area contributed by atoms with Gasteiger partial charge in [-0.2, -0.15) is 0 Å². The summed E-state index contributed by atoms with van der Waals surface area (Å²) < 4.78 is 0. The van der Waals surface area contributed by atoms with E-state index >= 15 is 0 Å². The number of hydrogen-bond donors (Lipinski definition) is 1. The molecule has 2 atom stereocenters. The third-order valence-electron chi connectivity index (χ3n) is 3.72. The Bertz CT molecular complexity index is 279. The Morgan fingerprint density at radius 1 is 1.44 bits per heavy atom. The summed E-state index contributed by atoms with van der Waals surface area (Å²) in [7, 11) is 3.66. The van der Waals surface area contributed by atoms with Crippen molar-refractivity contribution < 1.29 is 4.79 Å². The first-order valence-corrected chi connectivity index (χ1v) is 7.96. The van der Waals surface area contributed by atoms with Gasteiger partial charge >= 0.3 is 0 Å². The topological polar surface area (TPSA) is 32.3 Å². The molecule has 0 aliphatic heterocycles. The van der Waals surface area contributed by atoms with E-state index < -0.39 is 0 Å². The molecule has 1 fully saturated rings. The summed E-state index contributed by atoms with van der Waals surface area (Å²) in [4.78, 5) is 13.4. The van der Waals surface area contributed by atoms with Crippen molar-refractivity contribution in [3.8, 4) is 0 Å². The third kappa shape index (κ3) is 4.81. The lowest BCUT2D eigenvalue weighted by molar-refractivity contribution is -0.125. The second-order valence-electron chi connectivity index (χ2n) is 6.21. The van der Waals surface area contributed by atoms with E-state index in [4.69, 9.17) is 0 Å². The first-order chi connectivity index (χ1) is 8.35. The highest BCUT2D eigenvalue weighted by atomic mass is 32.2. The summed E-state index contributed by atoms with van der Waals surface area (Å²) in [5.74, 6) is 0.828. The zero-order valence-corrected chi connectivity index (χ0v) is 13.3. The Balaban J connectivity index is 2.53. The molecule has 0 bridgehead atoms. The number of carbonyl (C=O) groups is 1. The second kappa shape index (κ2) is 6.80. The van der Waals surface area contributed by atoms with Gasteiger partial charge in [-0.3, -0.25) is 4.79 Å². The number of hydrogen-bond acceptors (Lipinski definition) is 3. The average molecular weight is 272 g/mol. The van der Waals surface area contributed by atoms with Crippen molar-refractivity contribution >= 4 is 17.7 Å². The lowest BCUT2D eigenvalue weighted by Crippen LogP contribution is -2.45. The normalized spacial score (nSPS) is 26.9. The van der Waals surface area contributed by atoms with Crippen LogP contribution in [0, 0.1) is 5.41 Å². The van der Waals surface area contributed by atoms with Crippen molar-refractivity contribution in [3.05, 3.63) is 0 Å². The molecule has 0 heterocycles. The van der Waals surface area contributed by atoms with Gasteiger partial charge in [0.25, 0.3) is 0 Å². The molecule has 1 saturated carbocycles. The Hall–Kier alpha value is -0.220. The van der Waals surface area contributed by atoms with Crippen LogP contribution in [0.5, 0.6) is 0 Å². The average Bonchev–Trinajstić information content (AvgIpc) is 2.28. The molecule has 0 radical (unpaired) electrons. The van der Waals surface area contributed by atoms with Crippen LogP contribution in [0.15, 0.2) is 0 Å². The van der Waals surface area contributed by atoms with Crippen LogP contribution in [0.1, 0.15) is 40.0 Å². The van der Waals surface area contributed by atoms with Gasteiger partial charge in [-0.1, -0.05) is 20.8 Å². The van der Waals surface area contributed by atoms with Gasteiger partial charge in [0.2, 0.25) is 5.91 Å². The molecular formula is C14H28N2OS. The fraction of sp³-hybridized carbons (Fsp3) is 0.929. The van der Waals surface area contributed by atoms with E-state index in [0.717, 1.165) is 6.54 Å². The van der Waals surface area contributed by atoms with Crippen LogP contribution in [-0.2, 0) is 4.79 Å². The molecule has 3 nitrogen and oxygen atoms in total. The molecule has 0 saturated heterocycles. The minimum atomic E-state index is 0.221. The van der Waals surface area contributed by atoms with Crippen molar-refractivity contribution in [2.45, 2.75) is 51.3 Å². The molecular weight excluding hydrogens is 244 g/mol. The van der Waals surface area contributed by atoms with E-state index in [-0.39, 0.29) is 5.91 Å². The number of carbonyl (C=O) groups excluding carboxylic acids is 1. The number of nitrogens with one attached hydrogen (secondary N) is 1. The van der Waals surface area contributed by atoms with Crippen LogP contribution in [0.3, 0.4) is 0 Å². The van der Waals surface area contributed by atoms with Crippen molar-refractivity contribution in [1.82, 2.24) is 10.2 Å². The van der Waals surface area contributed by atoms with Gasteiger partial charge in [0.15, 0.2) is 0 Å². The number of nitrogens with zero attached hydrogens (tertiary/aromatic N) is 1. The highest BCUT2D eigenvalue weighted by Crippen LogP contribution is 2.40. The minimum absolute atomic E-state index is 0.221. The zero-order chi connectivity index (χ0) is 13.8. The number of amides is 1. The summed E-state index contributed by atoms with van der Waals surface area (Å²) >= 11 is 1.83. The Morgan fingerprint density at radius 3 is 2.67 bits per heavy atom. The van der Waals surface area contributed by atoms with Gasteiger partial charge in [0.1, 0.15) is 0 Å². The molecule has 1 aliphatic carbocycles. The molecule has 0 aromatic rings. The SMILES string of the molecule is CCNC1CCC(C)(C)CC1SCC(=O)N(C)C. The Morgan fingerprint density at radius 2 is 2.11 bits per heavy atom. The van der Waals surface area contributed by atoms with Crippen molar-refractivity contribution in [2.75, 3.05) is 26.4 Å². The van der Waals surface area contributed by atoms with Crippen LogP contribution in [0.4, 0.5) is 0 Å². The molecule has 4 heteroatoms. The smallest absolute Gasteiger partial charge is 0.232 e. The fourth-order valence-corrected chi connectivity index (χ4v) is 4.15. The number of thioether (sulfide) groups is 1. The van der Waals surface area contributed by atoms with E-state index in [0.29, 0.717) is 22.5 Å². The van der Waals surface area contributed by atoms with Crippen LogP contribution >= 0.6 is 11.8 Å². The first kappa shape index (κ1) is 15.8. The summed E-state index contributed by atoms with van der Waals surface area (Å²) in [5, 5.41) is 4.15. The molecule has 1 aliphatic rings. The van der Waals surface area contributed by atoms with E-state index in [1.807, 2.05) is 25.9 Å². The van der Waals surface area contributed by atoms with E-state index in [1.165, 1.54) is 19.3 Å². The van der Waals surface area contributed by atoms with Crippen LogP contribution in [-0.4, -0.2) is 48.5 Å². The molecule has 0 aromatic heterocycles. The van der Waals surface area contributed by atoms with Gasteiger partial charge < -0.3 is 10.2 Å². The fourth-order valence-electron chi connectivity index (χ4n) is 2.50. The zero-order valence-electron chi connectivity index (χ0n) is 12.5. The summed E-state index contributed by atoms with van der Waals surface area (Å²) in [6, 6.07) is 0.572. The molecule has 18 heavy (non-hydrogen) atoms. The van der Waals surface area contributed by atoms with Gasteiger partial charge in [0, 0.05) is 25.4 Å². The Labute approximate surface area is 116 Å². The quantitative estimate of drug-likeness (QED) is 0.834. The van der Waals surface area contributed by atoms with Crippen LogP contribution in [0.25, 0.3) is 0 Å². The maximum absolute atomic E-state index is 11.7. The van der Waals surface area contributed by atoms with Crippen LogP contribution in [0.2, 0.25) is 0 Å². The van der Waals surface area contributed by atoms with Crippen molar-refractivity contribution in [3.63, 3.8) is 0 Å². The minimum Gasteiger partial charge on any atom is -0.348 e. The molecule has 1 amide bonds. The highest BCUT2D eigenvalue weighted by molar-refractivity contribution is 8.00. The highest BCUT2D eigenvalue weighted by Gasteiger charge is 2.34. The van der Waals surface area contributed by atoms with Crippen molar-refractivity contribution in [1.29, 1.82) is 0 Å². The molecule has 2 unspecified atom stereocenters. The molecule has 0 spiro atoms. The van der Waals surface area contributed by atoms with Gasteiger partial charge in [-0.25, -0.2) is 0 Å². The van der Waals surface area contributed by atoms with E-state index in [9.17, 15) is 4.79 Å². The molecule has 1 N–H and O–H groups in total. The second-order valence-corrected chi connectivity index (χ2v) is 7.44. The van der Waals surface area contributed by atoms with Crippen molar-refractivity contribution in [2.24, 2.45) is 5.41 Å². The van der Waals surface area contributed by atoms with Crippen LogP contribution < -0.4 is 5.32 Å². The lowest BCUT2D eigenvalue weighted by atomic mass is 9.75. The maximum Gasteiger partial charge on any atom is 0.232 e. The summed E-state index contributed by atoms with van der Waals surface area (Å²) in [5.41, 5.74) is 0.421. The Kier molecular flexibility index (Phi) is 5.99.